The van der Waals surface area contributed by atoms with E-state index >= 15 is 0 Å². The van der Waals surface area contributed by atoms with Gasteiger partial charge in [-0.25, -0.2) is 4.98 Å². The predicted molar refractivity (Wildman–Crippen MR) is 90.3 cm³/mol. The molecule has 6 nitrogen and oxygen atoms in total. The molecule has 1 unspecified atom stereocenters. The van der Waals surface area contributed by atoms with Crippen molar-refractivity contribution in [3.63, 3.8) is 0 Å². The highest BCUT2D eigenvalue weighted by Crippen LogP contribution is 2.36. The normalized spacial score (nSPS) is 13.9. The van der Waals surface area contributed by atoms with Crippen molar-refractivity contribution in [3.05, 3.63) is 57.2 Å². The lowest BCUT2D eigenvalue weighted by molar-refractivity contribution is -0.122. The van der Waals surface area contributed by atoms with Crippen LogP contribution in [-0.4, -0.2) is 22.1 Å². The van der Waals surface area contributed by atoms with Crippen LogP contribution >= 0.6 is 11.6 Å². The third kappa shape index (κ3) is 3.59. The van der Waals surface area contributed by atoms with Gasteiger partial charge in [-0.1, -0.05) is 11.6 Å². The zero-order valence-corrected chi connectivity index (χ0v) is 14.0. The number of benzene rings is 1. The first-order chi connectivity index (χ1) is 11.5. The van der Waals surface area contributed by atoms with Gasteiger partial charge in [0.05, 0.1) is 19.0 Å². The Morgan fingerprint density at radius 1 is 1.50 bits per heavy atom. The molecule has 0 aliphatic carbocycles. The summed E-state index contributed by atoms with van der Waals surface area (Å²) in [7, 11) is 0. The molecule has 0 radical (unpaired) electrons. The largest absolute Gasteiger partial charge is 0.493 e. The summed E-state index contributed by atoms with van der Waals surface area (Å²) < 4.78 is 7.08. The van der Waals surface area contributed by atoms with Crippen molar-refractivity contribution in [2.75, 3.05) is 6.61 Å². The van der Waals surface area contributed by atoms with Gasteiger partial charge in [0.15, 0.2) is 0 Å². The van der Waals surface area contributed by atoms with Gasteiger partial charge in [-0.3, -0.25) is 14.2 Å². The molecule has 0 saturated heterocycles. The molecule has 126 valence electrons. The Balaban J connectivity index is 1.65. The fourth-order valence-corrected chi connectivity index (χ4v) is 3.03. The zero-order valence-electron chi connectivity index (χ0n) is 13.3. The fraction of sp³-hybridized carbons (Fsp3) is 0.353. The highest BCUT2D eigenvalue weighted by molar-refractivity contribution is 6.30. The molecule has 1 aliphatic rings. The lowest BCUT2D eigenvalue weighted by Gasteiger charge is -2.18. The Kier molecular flexibility index (Phi) is 4.85. The Hall–Kier alpha value is -2.34. The fourth-order valence-electron chi connectivity index (χ4n) is 2.78. The van der Waals surface area contributed by atoms with Crippen LogP contribution in [-0.2, 0) is 17.8 Å². The lowest BCUT2D eigenvalue weighted by atomic mass is 10.0. The number of rotatable bonds is 5. The lowest BCUT2D eigenvalue weighted by Crippen LogP contribution is -2.29. The Bertz CT molecular complexity index is 819. The summed E-state index contributed by atoms with van der Waals surface area (Å²) in [6, 6.07) is 4.86. The van der Waals surface area contributed by atoms with Crippen molar-refractivity contribution < 1.29 is 9.53 Å². The predicted octanol–water partition coefficient (Wildman–Crippen LogP) is 2.10. The van der Waals surface area contributed by atoms with Crippen LogP contribution < -0.4 is 15.6 Å². The Morgan fingerprint density at radius 3 is 3.12 bits per heavy atom. The van der Waals surface area contributed by atoms with Gasteiger partial charge in [0.25, 0.3) is 5.56 Å². The van der Waals surface area contributed by atoms with Crippen LogP contribution in [0.3, 0.4) is 0 Å². The number of aryl methyl sites for hydroxylation is 1. The number of aromatic nitrogens is 2. The number of hydrogen-bond acceptors (Lipinski definition) is 4. The summed E-state index contributed by atoms with van der Waals surface area (Å²) in [5.74, 6) is 0.667. The van der Waals surface area contributed by atoms with E-state index in [-0.39, 0.29) is 30.5 Å². The number of nitrogens with zero attached hydrogens (tertiary/aromatic N) is 2. The number of carbonyl (C=O) groups is 1. The zero-order chi connectivity index (χ0) is 17.1. The molecule has 1 aromatic carbocycles. The minimum Gasteiger partial charge on any atom is -0.493 e. The third-order valence-electron chi connectivity index (χ3n) is 3.99. The van der Waals surface area contributed by atoms with Crippen LogP contribution in [0, 0.1) is 0 Å². The van der Waals surface area contributed by atoms with Crippen molar-refractivity contribution in [1.29, 1.82) is 0 Å². The summed E-state index contributed by atoms with van der Waals surface area (Å²) in [5, 5.41) is 3.57. The van der Waals surface area contributed by atoms with Gasteiger partial charge in [-0.05, 0) is 24.6 Å². The molecule has 0 saturated carbocycles. The summed E-state index contributed by atoms with van der Waals surface area (Å²) in [6.07, 6.45) is 3.88. The number of amides is 1. The van der Waals surface area contributed by atoms with Crippen LogP contribution in [0.5, 0.6) is 5.75 Å². The summed E-state index contributed by atoms with van der Waals surface area (Å²) in [4.78, 5) is 27.7. The van der Waals surface area contributed by atoms with Gasteiger partial charge in [0.2, 0.25) is 5.91 Å². The molecule has 1 aromatic heterocycles. The molecule has 7 heteroatoms. The van der Waals surface area contributed by atoms with Crippen molar-refractivity contribution in [3.8, 4) is 5.75 Å². The summed E-state index contributed by atoms with van der Waals surface area (Å²) >= 11 is 6.15. The number of ether oxygens (including phenoxy) is 1. The molecule has 2 heterocycles. The van der Waals surface area contributed by atoms with Crippen LogP contribution in [0.15, 0.2) is 35.5 Å². The van der Waals surface area contributed by atoms with E-state index in [9.17, 15) is 9.59 Å². The molecule has 0 bridgehead atoms. The molecule has 1 atom stereocenters. The summed E-state index contributed by atoms with van der Waals surface area (Å²) in [5.41, 5.74) is 1.77. The first-order valence-corrected chi connectivity index (χ1v) is 8.17. The molecule has 0 spiro atoms. The van der Waals surface area contributed by atoms with E-state index in [1.807, 2.05) is 19.1 Å². The summed E-state index contributed by atoms with van der Waals surface area (Å²) in [6.45, 7) is 2.81. The maximum absolute atomic E-state index is 12.2. The van der Waals surface area contributed by atoms with Gasteiger partial charge in [-0.15, -0.1) is 0 Å². The number of carbonyl (C=O) groups excluding carboxylic acids is 1. The van der Waals surface area contributed by atoms with E-state index in [2.05, 4.69) is 10.3 Å². The molecular formula is C17H18ClN3O3. The van der Waals surface area contributed by atoms with Gasteiger partial charge in [0, 0.05) is 42.2 Å². The molecule has 0 fully saturated rings. The maximum atomic E-state index is 12.2. The van der Waals surface area contributed by atoms with Crippen LogP contribution in [0.2, 0.25) is 5.02 Å². The van der Waals surface area contributed by atoms with Crippen LogP contribution in [0.4, 0.5) is 0 Å². The second-order valence-electron chi connectivity index (χ2n) is 5.73. The van der Waals surface area contributed by atoms with Gasteiger partial charge in [0.1, 0.15) is 5.75 Å². The highest BCUT2D eigenvalue weighted by atomic mass is 35.5. The van der Waals surface area contributed by atoms with E-state index < -0.39 is 0 Å². The molecule has 3 rings (SSSR count). The van der Waals surface area contributed by atoms with E-state index in [4.69, 9.17) is 16.3 Å². The molecule has 2 aromatic rings. The van der Waals surface area contributed by atoms with Gasteiger partial charge in [-0.2, -0.15) is 0 Å². The molecular weight excluding hydrogens is 330 g/mol. The minimum atomic E-state index is -0.228. The van der Waals surface area contributed by atoms with Gasteiger partial charge >= 0.3 is 0 Å². The van der Waals surface area contributed by atoms with Crippen LogP contribution in [0.1, 0.15) is 30.5 Å². The quantitative estimate of drug-likeness (QED) is 0.899. The number of nitrogens with one attached hydrogen (secondary N) is 1. The molecule has 24 heavy (non-hydrogen) atoms. The molecule has 1 aliphatic heterocycles. The average Bonchev–Trinajstić information content (AvgIpc) is 3.01. The minimum absolute atomic E-state index is 0.148. The first-order valence-electron chi connectivity index (χ1n) is 7.79. The monoisotopic (exact) mass is 347 g/mol. The van der Waals surface area contributed by atoms with E-state index in [1.165, 1.54) is 23.2 Å². The topological polar surface area (TPSA) is 73.2 Å². The Labute approximate surface area is 144 Å². The number of hydrogen-bond donors (Lipinski definition) is 1. The van der Waals surface area contributed by atoms with E-state index in [1.54, 1.807) is 0 Å². The number of fused-ring (bicyclic) bond motifs is 1. The second kappa shape index (κ2) is 7.05. The molecule has 1 amide bonds. The van der Waals surface area contributed by atoms with Crippen molar-refractivity contribution in [1.82, 2.24) is 14.9 Å². The highest BCUT2D eigenvalue weighted by Gasteiger charge is 2.22. The number of halogens is 1. The van der Waals surface area contributed by atoms with Crippen molar-refractivity contribution >= 4 is 17.5 Å². The second-order valence-corrected chi connectivity index (χ2v) is 6.17. The third-order valence-corrected chi connectivity index (χ3v) is 4.21. The van der Waals surface area contributed by atoms with Crippen molar-refractivity contribution in [2.45, 2.75) is 32.4 Å². The smallest absolute Gasteiger partial charge is 0.253 e. The standard InChI is InChI=1S/C17H18ClN3O3/c1-11(14-9-13(18)8-12-4-7-24-17(12)14)20-15(22)3-6-21-10-19-5-2-16(21)23/h2,5,8-11H,3-4,6-7H2,1H3,(H,20,22). The molecule has 1 N–H and O–H groups in total. The van der Waals surface area contributed by atoms with Crippen LogP contribution in [0.25, 0.3) is 0 Å². The first kappa shape index (κ1) is 16.5. The maximum Gasteiger partial charge on any atom is 0.253 e. The van der Waals surface area contributed by atoms with Crippen molar-refractivity contribution in [2.24, 2.45) is 0 Å². The SMILES string of the molecule is CC(NC(=O)CCn1cnccc1=O)c1cc(Cl)cc2c1OCC2. The van der Waals surface area contributed by atoms with E-state index in [0.29, 0.717) is 11.6 Å². The average molecular weight is 348 g/mol. The Morgan fingerprint density at radius 2 is 2.33 bits per heavy atom. The van der Waals surface area contributed by atoms with Gasteiger partial charge < -0.3 is 10.1 Å². The van der Waals surface area contributed by atoms with E-state index in [0.717, 1.165) is 23.3 Å².